The first-order valence-electron chi connectivity index (χ1n) is 4.92. The van der Waals surface area contributed by atoms with E-state index in [4.69, 9.17) is 14.2 Å². The molecule has 4 nitrogen and oxygen atoms in total. The molecule has 0 rings (SSSR count). The van der Waals surface area contributed by atoms with Gasteiger partial charge in [-0.2, -0.15) is 0 Å². The first kappa shape index (κ1) is 13.4. The average Bonchev–Trinajstić information content (AvgIpc) is 2.15. The average molecular weight is 203 g/mol. The summed E-state index contributed by atoms with van der Waals surface area (Å²) in [6.07, 6.45) is 0.441. The van der Waals surface area contributed by atoms with E-state index in [1.54, 1.807) is 0 Å². The molecule has 0 aliphatic rings. The quantitative estimate of drug-likeness (QED) is 0.443. The first-order chi connectivity index (χ1) is 6.74. The molecule has 0 bridgehead atoms. The SMILES string of the molecule is [CH2]CCC(=O)OCC(OCC)OCC. The number of hydrogen-bond acceptors (Lipinski definition) is 4. The van der Waals surface area contributed by atoms with Crippen LogP contribution in [0.1, 0.15) is 26.7 Å². The summed E-state index contributed by atoms with van der Waals surface area (Å²) in [5, 5.41) is 0. The Bertz CT molecular complexity index is 141. The van der Waals surface area contributed by atoms with E-state index in [2.05, 4.69) is 6.92 Å². The maximum Gasteiger partial charge on any atom is 0.305 e. The summed E-state index contributed by atoms with van der Waals surface area (Å²) < 4.78 is 15.3. The number of esters is 1. The molecule has 0 saturated heterocycles. The van der Waals surface area contributed by atoms with Crippen molar-refractivity contribution in [1.82, 2.24) is 0 Å². The van der Waals surface area contributed by atoms with E-state index in [0.29, 0.717) is 26.1 Å². The summed E-state index contributed by atoms with van der Waals surface area (Å²) in [6.45, 7) is 8.52. The molecular formula is C10H19O4. The second-order valence-corrected chi connectivity index (χ2v) is 2.63. The second kappa shape index (κ2) is 8.97. The smallest absolute Gasteiger partial charge is 0.305 e. The molecular weight excluding hydrogens is 184 g/mol. The molecule has 0 N–H and O–H groups in total. The Labute approximate surface area is 85.5 Å². The van der Waals surface area contributed by atoms with Gasteiger partial charge in [-0.3, -0.25) is 4.79 Å². The summed E-state index contributed by atoms with van der Waals surface area (Å²) in [5.74, 6) is -0.260. The Morgan fingerprint density at radius 3 is 2.29 bits per heavy atom. The van der Waals surface area contributed by atoms with Crippen LogP contribution in [-0.4, -0.2) is 32.1 Å². The monoisotopic (exact) mass is 203 g/mol. The van der Waals surface area contributed by atoms with E-state index in [-0.39, 0.29) is 12.6 Å². The van der Waals surface area contributed by atoms with Crippen LogP contribution >= 0.6 is 0 Å². The number of rotatable bonds is 8. The lowest BCUT2D eigenvalue weighted by atomic mass is 10.3. The zero-order valence-electron chi connectivity index (χ0n) is 8.95. The summed E-state index contributed by atoms with van der Waals surface area (Å²) in [7, 11) is 0. The minimum Gasteiger partial charge on any atom is -0.460 e. The van der Waals surface area contributed by atoms with Crippen molar-refractivity contribution in [2.45, 2.75) is 33.0 Å². The highest BCUT2D eigenvalue weighted by molar-refractivity contribution is 5.69. The molecule has 0 aliphatic carbocycles. The van der Waals surface area contributed by atoms with Gasteiger partial charge in [-0.05, 0) is 20.3 Å². The zero-order chi connectivity index (χ0) is 10.8. The molecule has 0 aromatic rings. The largest absolute Gasteiger partial charge is 0.460 e. The van der Waals surface area contributed by atoms with Crippen molar-refractivity contribution in [3.63, 3.8) is 0 Å². The van der Waals surface area contributed by atoms with Crippen LogP contribution in [0, 0.1) is 6.92 Å². The molecule has 0 heterocycles. The summed E-state index contributed by atoms with van der Waals surface area (Å²) in [4.78, 5) is 11.0. The van der Waals surface area contributed by atoms with E-state index >= 15 is 0 Å². The van der Waals surface area contributed by atoms with Crippen molar-refractivity contribution in [2.75, 3.05) is 19.8 Å². The highest BCUT2D eigenvalue weighted by Gasteiger charge is 2.10. The van der Waals surface area contributed by atoms with E-state index < -0.39 is 6.29 Å². The number of ether oxygens (including phenoxy) is 3. The summed E-state index contributed by atoms with van der Waals surface area (Å²) >= 11 is 0. The van der Waals surface area contributed by atoms with E-state index in [1.807, 2.05) is 13.8 Å². The number of hydrogen-bond donors (Lipinski definition) is 0. The van der Waals surface area contributed by atoms with Gasteiger partial charge in [0, 0.05) is 19.6 Å². The predicted molar refractivity (Wildman–Crippen MR) is 52.6 cm³/mol. The van der Waals surface area contributed by atoms with Crippen molar-refractivity contribution in [1.29, 1.82) is 0 Å². The summed E-state index contributed by atoms with van der Waals surface area (Å²) in [5.41, 5.74) is 0. The minimum absolute atomic E-state index is 0.153. The third-order valence-electron chi connectivity index (χ3n) is 1.47. The van der Waals surface area contributed by atoms with Crippen LogP contribution in [0.5, 0.6) is 0 Å². The van der Waals surface area contributed by atoms with Crippen molar-refractivity contribution in [3.05, 3.63) is 6.92 Å². The number of carbonyl (C=O) groups excluding carboxylic acids is 1. The Kier molecular flexibility index (Phi) is 8.57. The first-order valence-corrected chi connectivity index (χ1v) is 4.92. The molecule has 0 fully saturated rings. The summed E-state index contributed by atoms with van der Waals surface area (Å²) in [6, 6.07) is 0. The van der Waals surface area contributed by atoms with Crippen LogP contribution in [0.4, 0.5) is 0 Å². The Morgan fingerprint density at radius 1 is 1.29 bits per heavy atom. The molecule has 0 spiro atoms. The lowest BCUT2D eigenvalue weighted by molar-refractivity contribution is -0.179. The molecule has 0 aliphatic heterocycles. The topological polar surface area (TPSA) is 44.8 Å². The lowest BCUT2D eigenvalue weighted by Gasteiger charge is -2.16. The van der Waals surface area contributed by atoms with Crippen LogP contribution in [0.3, 0.4) is 0 Å². The molecule has 0 atom stereocenters. The predicted octanol–water partition coefficient (Wildman–Crippen LogP) is 1.54. The van der Waals surface area contributed by atoms with Crippen LogP contribution in [0.25, 0.3) is 0 Å². The zero-order valence-corrected chi connectivity index (χ0v) is 8.95. The van der Waals surface area contributed by atoms with E-state index in [0.717, 1.165) is 0 Å². The highest BCUT2D eigenvalue weighted by Crippen LogP contribution is 1.98. The Hall–Kier alpha value is -0.610. The van der Waals surface area contributed by atoms with Crippen molar-refractivity contribution in [2.24, 2.45) is 0 Å². The lowest BCUT2D eigenvalue weighted by Crippen LogP contribution is -2.25. The fourth-order valence-corrected chi connectivity index (χ4v) is 0.894. The van der Waals surface area contributed by atoms with Gasteiger partial charge in [-0.25, -0.2) is 0 Å². The molecule has 1 radical (unpaired) electrons. The molecule has 0 aromatic heterocycles. The van der Waals surface area contributed by atoms with Crippen LogP contribution in [0.15, 0.2) is 0 Å². The molecule has 0 saturated carbocycles. The minimum atomic E-state index is -0.446. The van der Waals surface area contributed by atoms with E-state index in [1.165, 1.54) is 0 Å². The standard InChI is InChI=1S/C10H19O4/c1-4-7-9(11)14-8-10(12-5-2)13-6-3/h10H,1,4-8H2,2-3H3. The van der Waals surface area contributed by atoms with Gasteiger partial charge in [0.2, 0.25) is 0 Å². The van der Waals surface area contributed by atoms with Gasteiger partial charge >= 0.3 is 5.97 Å². The van der Waals surface area contributed by atoms with Gasteiger partial charge < -0.3 is 14.2 Å². The van der Waals surface area contributed by atoms with Crippen LogP contribution < -0.4 is 0 Å². The molecule has 0 aromatic carbocycles. The highest BCUT2D eigenvalue weighted by atomic mass is 16.7. The van der Waals surface area contributed by atoms with Crippen LogP contribution in [0.2, 0.25) is 0 Å². The number of carbonyl (C=O) groups is 1. The molecule has 4 heteroatoms. The van der Waals surface area contributed by atoms with Gasteiger partial charge in [-0.15, -0.1) is 0 Å². The van der Waals surface area contributed by atoms with E-state index in [9.17, 15) is 4.79 Å². The van der Waals surface area contributed by atoms with Gasteiger partial charge in [-0.1, -0.05) is 6.92 Å². The molecule has 83 valence electrons. The fraction of sp³-hybridized carbons (Fsp3) is 0.800. The molecule has 14 heavy (non-hydrogen) atoms. The van der Waals surface area contributed by atoms with Crippen LogP contribution in [-0.2, 0) is 19.0 Å². The van der Waals surface area contributed by atoms with Crippen molar-refractivity contribution in [3.8, 4) is 0 Å². The maximum atomic E-state index is 11.0. The van der Waals surface area contributed by atoms with Gasteiger partial charge in [0.15, 0.2) is 6.29 Å². The fourth-order valence-electron chi connectivity index (χ4n) is 0.894. The Balaban J connectivity index is 3.63. The van der Waals surface area contributed by atoms with Gasteiger partial charge in [0.05, 0.1) is 0 Å². The van der Waals surface area contributed by atoms with Gasteiger partial charge in [0.25, 0.3) is 0 Å². The Morgan fingerprint density at radius 2 is 1.86 bits per heavy atom. The third kappa shape index (κ3) is 6.86. The van der Waals surface area contributed by atoms with Crippen molar-refractivity contribution < 1.29 is 19.0 Å². The third-order valence-corrected chi connectivity index (χ3v) is 1.47. The second-order valence-electron chi connectivity index (χ2n) is 2.63. The maximum absolute atomic E-state index is 11.0. The molecule has 0 amide bonds. The normalized spacial score (nSPS) is 10.6. The van der Waals surface area contributed by atoms with Crippen molar-refractivity contribution >= 4 is 5.97 Å². The van der Waals surface area contributed by atoms with Gasteiger partial charge in [0.1, 0.15) is 6.61 Å². The molecule has 0 unspecified atom stereocenters.